The van der Waals surface area contributed by atoms with Crippen LogP contribution < -0.4 is 11.1 Å². The van der Waals surface area contributed by atoms with Gasteiger partial charge in [0.1, 0.15) is 0 Å². The van der Waals surface area contributed by atoms with Crippen molar-refractivity contribution in [3.63, 3.8) is 0 Å². The minimum atomic E-state index is -0.177. The van der Waals surface area contributed by atoms with Gasteiger partial charge in [0.2, 0.25) is 0 Å². The second-order valence-corrected chi connectivity index (χ2v) is 5.74. The first-order valence-electron chi connectivity index (χ1n) is 6.49. The largest absolute Gasteiger partial charge is 0.396 e. The normalized spacial score (nSPS) is 11.2. The molecule has 1 aromatic carbocycles. The van der Waals surface area contributed by atoms with E-state index in [1.54, 1.807) is 12.3 Å². The van der Waals surface area contributed by atoms with Crippen LogP contribution in [0.25, 0.3) is 0 Å². The number of nitrogens with one attached hydrogen (secondary N) is 1. The van der Waals surface area contributed by atoms with Crippen LogP contribution in [0.2, 0.25) is 0 Å². The maximum absolute atomic E-state index is 12.1. The van der Waals surface area contributed by atoms with Crippen LogP contribution in [0.4, 0.5) is 11.4 Å². The summed E-state index contributed by atoms with van der Waals surface area (Å²) in [6.07, 6.45) is 3.10. The summed E-state index contributed by atoms with van der Waals surface area (Å²) in [5, 5.41) is 2.78. The van der Waals surface area contributed by atoms with Crippen LogP contribution in [0.3, 0.4) is 0 Å². The summed E-state index contributed by atoms with van der Waals surface area (Å²) in [4.78, 5) is 16.0. The molecule has 1 amide bonds. The van der Waals surface area contributed by atoms with Crippen molar-refractivity contribution in [3.8, 4) is 0 Å². The van der Waals surface area contributed by atoms with E-state index < -0.39 is 0 Å². The van der Waals surface area contributed by atoms with Crippen molar-refractivity contribution in [1.29, 1.82) is 0 Å². The van der Waals surface area contributed by atoms with Gasteiger partial charge in [0.15, 0.2) is 0 Å². The van der Waals surface area contributed by atoms with Gasteiger partial charge in [-0.3, -0.25) is 9.78 Å². The van der Waals surface area contributed by atoms with Gasteiger partial charge in [-0.1, -0.05) is 32.9 Å². The molecule has 0 aliphatic rings. The van der Waals surface area contributed by atoms with Crippen LogP contribution in [0.1, 0.15) is 36.7 Å². The average molecular weight is 269 g/mol. The SMILES string of the molecule is CC(C)(C)c1ccc(C(=O)Nc2ccncc2N)cc1. The number of carbonyl (C=O) groups is 1. The van der Waals surface area contributed by atoms with E-state index in [4.69, 9.17) is 5.73 Å². The molecule has 3 N–H and O–H groups in total. The smallest absolute Gasteiger partial charge is 0.255 e. The van der Waals surface area contributed by atoms with E-state index in [1.807, 2.05) is 24.3 Å². The van der Waals surface area contributed by atoms with Crippen molar-refractivity contribution >= 4 is 17.3 Å². The topological polar surface area (TPSA) is 68.0 Å². The Kier molecular flexibility index (Phi) is 3.74. The lowest BCUT2D eigenvalue weighted by molar-refractivity contribution is 0.102. The number of amides is 1. The summed E-state index contributed by atoms with van der Waals surface area (Å²) in [6, 6.07) is 9.28. The Morgan fingerprint density at radius 3 is 2.35 bits per heavy atom. The number of hydrogen-bond donors (Lipinski definition) is 2. The number of nitrogens with two attached hydrogens (primary N) is 1. The molecule has 2 aromatic rings. The molecule has 0 saturated heterocycles. The highest BCUT2D eigenvalue weighted by Crippen LogP contribution is 2.23. The molecule has 0 bridgehead atoms. The van der Waals surface area contributed by atoms with Gasteiger partial charge in [0, 0.05) is 11.8 Å². The Labute approximate surface area is 119 Å². The van der Waals surface area contributed by atoms with Gasteiger partial charge >= 0.3 is 0 Å². The molecule has 2 rings (SSSR count). The fourth-order valence-corrected chi connectivity index (χ4v) is 1.84. The molecule has 4 heteroatoms. The number of aromatic nitrogens is 1. The van der Waals surface area contributed by atoms with E-state index in [1.165, 1.54) is 11.8 Å². The van der Waals surface area contributed by atoms with Crippen LogP contribution in [0.15, 0.2) is 42.7 Å². The number of rotatable bonds is 2. The Bertz CT molecular complexity index is 612. The average Bonchev–Trinajstić information content (AvgIpc) is 2.40. The van der Waals surface area contributed by atoms with Crippen LogP contribution in [0, 0.1) is 0 Å². The fourth-order valence-electron chi connectivity index (χ4n) is 1.84. The standard InChI is InChI=1S/C16H19N3O/c1-16(2,3)12-6-4-11(5-7-12)15(20)19-14-8-9-18-10-13(14)17/h4-10H,17H2,1-3H3,(H,18,19,20). The molecule has 0 fully saturated rings. The first-order valence-corrected chi connectivity index (χ1v) is 6.49. The van der Waals surface area contributed by atoms with E-state index in [0.29, 0.717) is 16.9 Å². The summed E-state index contributed by atoms with van der Waals surface area (Å²) in [5.41, 5.74) is 8.65. The van der Waals surface area contributed by atoms with Gasteiger partial charge in [0.25, 0.3) is 5.91 Å². The van der Waals surface area contributed by atoms with E-state index in [2.05, 4.69) is 31.1 Å². The zero-order valence-corrected chi connectivity index (χ0v) is 12.0. The number of nitrogen functional groups attached to an aromatic ring is 1. The summed E-state index contributed by atoms with van der Waals surface area (Å²) in [7, 11) is 0. The molecule has 0 aliphatic carbocycles. The molecule has 0 spiro atoms. The van der Waals surface area contributed by atoms with Crippen molar-refractivity contribution in [2.45, 2.75) is 26.2 Å². The summed E-state index contributed by atoms with van der Waals surface area (Å²) in [6.45, 7) is 6.42. The minimum Gasteiger partial charge on any atom is -0.396 e. The number of pyridine rings is 1. The highest BCUT2D eigenvalue weighted by atomic mass is 16.1. The monoisotopic (exact) mass is 269 g/mol. The van der Waals surface area contributed by atoms with Crippen LogP contribution >= 0.6 is 0 Å². The summed E-state index contributed by atoms with van der Waals surface area (Å²) in [5.74, 6) is -0.177. The Hall–Kier alpha value is -2.36. The van der Waals surface area contributed by atoms with Crippen molar-refractivity contribution in [2.24, 2.45) is 0 Å². The molecular formula is C16H19N3O. The van der Waals surface area contributed by atoms with Crippen molar-refractivity contribution in [2.75, 3.05) is 11.1 Å². The Morgan fingerprint density at radius 2 is 1.80 bits per heavy atom. The maximum Gasteiger partial charge on any atom is 0.255 e. The number of benzene rings is 1. The molecule has 0 radical (unpaired) electrons. The molecule has 0 saturated carbocycles. The molecule has 0 aliphatic heterocycles. The first kappa shape index (κ1) is 14.1. The van der Waals surface area contributed by atoms with E-state index in [-0.39, 0.29) is 11.3 Å². The van der Waals surface area contributed by atoms with Crippen LogP contribution in [-0.2, 0) is 5.41 Å². The van der Waals surface area contributed by atoms with Crippen LogP contribution in [0.5, 0.6) is 0 Å². The second kappa shape index (κ2) is 5.33. The highest BCUT2D eigenvalue weighted by molar-refractivity contribution is 6.05. The molecular weight excluding hydrogens is 250 g/mol. The van der Waals surface area contributed by atoms with Crippen molar-refractivity contribution in [1.82, 2.24) is 4.98 Å². The lowest BCUT2D eigenvalue weighted by Crippen LogP contribution is -2.15. The quantitative estimate of drug-likeness (QED) is 0.879. The molecule has 4 nitrogen and oxygen atoms in total. The Balaban J connectivity index is 2.16. The predicted octanol–water partition coefficient (Wildman–Crippen LogP) is 3.21. The fraction of sp³-hybridized carbons (Fsp3) is 0.250. The molecule has 1 heterocycles. The summed E-state index contributed by atoms with van der Waals surface area (Å²) < 4.78 is 0. The van der Waals surface area contributed by atoms with Crippen molar-refractivity contribution < 1.29 is 4.79 Å². The van der Waals surface area contributed by atoms with Crippen LogP contribution in [-0.4, -0.2) is 10.9 Å². The zero-order chi connectivity index (χ0) is 14.8. The number of hydrogen-bond acceptors (Lipinski definition) is 3. The maximum atomic E-state index is 12.1. The molecule has 1 aromatic heterocycles. The third-order valence-electron chi connectivity index (χ3n) is 3.11. The van der Waals surface area contributed by atoms with Gasteiger partial charge in [-0.05, 0) is 29.2 Å². The molecule has 0 unspecified atom stereocenters. The first-order chi connectivity index (χ1) is 9.38. The van der Waals surface area contributed by atoms with E-state index >= 15 is 0 Å². The minimum absolute atomic E-state index is 0.0739. The third kappa shape index (κ3) is 3.15. The molecule has 20 heavy (non-hydrogen) atoms. The molecule has 0 atom stereocenters. The van der Waals surface area contributed by atoms with Crippen molar-refractivity contribution in [3.05, 3.63) is 53.9 Å². The van der Waals surface area contributed by atoms with Gasteiger partial charge in [-0.2, -0.15) is 0 Å². The van der Waals surface area contributed by atoms with Gasteiger partial charge < -0.3 is 11.1 Å². The van der Waals surface area contributed by atoms with E-state index in [9.17, 15) is 4.79 Å². The lowest BCUT2D eigenvalue weighted by atomic mass is 9.87. The van der Waals surface area contributed by atoms with Gasteiger partial charge in [0.05, 0.1) is 17.6 Å². The Morgan fingerprint density at radius 1 is 1.15 bits per heavy atom. The van der Waals surface area contributed by atoms with Gasteiger partial charge in [-0.15, -0.1) is 0 Å². The zero-order valence-electron chi connectivity index (χ0n) is 12.0. The lowest BCUT2D eigenvalue weighted by Gasteiger charge is -2.19. The highest BCUT2D eigenvalue weighted by Gasteiger charge is 2.14. The second-order valence-electron chi connectivity index (χ2n) is 5.74. The number of anilines is 2. The predicted molar refractivity (Wildman–Crippen MR) is 81.7 cm³/mol. The number of nitrogens with zero attached hydrogens (tertiary/aromatic N) is 1. The number of carbonyl (C=O) groups excluding carboxylic acids is 1. The molecule has 104 valence electrons. The summed E-state index contributed by atoms with van der Waals surface area (Å²) >= 11 is 0. The third-order valence-corrected chi connectivity index (χ3v) is 3.11. The van der Waals surface area contributed by atoms with Gasteiger partial charge in [-0.25, -0.2) is 0 Å². The van der Waals surface area contributed by atoms with E-state index in [0.717, 1.165) is 0 Å².